The van der Waals surface area contributed by atoms with Gasteiger partial charge in [-0.1, -0.05) is 26.0 Å². The maximum absolute atomic E-state index is 12.7. The van der Waals surface area contributed by atoms with Gasteiger partial charge in [0.05, 0.1) is 5.92 Å². The summed E-state index contributed by atoms with van der Waals surface area (Å²) in [7, 11) is 0. The Balaban J connectivity index is 1.51. The molecule has 0 aromatic carbocycles. The van der Waals surface area contributed by atoms with Crippen molar-refractivity contribution in [3.05, 3.63) is 12.2 Å². The van der Waals surface area contributed by atoms with E-state index in [4.69, 9.17) is 4.74 Å². The van der Waals surface area contributed by atoms with Crippen molar-refractivity contribution in [3.63, 3.8) is 0 Å². The Labute approximate surface area is 157 Å². The van der Waals surface area contributed by atoms with E-state index in [1.54, 1.807) is 0 Å². The quantitative estimate of drug-likeness (QED) is 0.558. The van der Waals surface area contributed by atoms with Crippen LogP contribution in [0.2, 0.25) is 0 Å². The molecule has 7 atom stereocenters. The number of allylic oxidation sites excluding steroid dienone is 1. The Kier molecular flexibility index (Phi) is 4.53. The van der Waals surface area contributed by atoms with Crippen molar-refractivity contribution in [1.82, 2.24) is 4.90 Å². The van der Waals surface area contributed by atoms with Crippen LogP contribution in [0.3, 0.4) is 0 Å². The highest BCUT2D eigenvalue weighted by Crippen LogP contribution is 2.57. The fourth-order valence-corrected chi connectivity index (χ4v) is 6.23. The van der Waals surface area contributed by atoms with Crippen LogP contribution in [0.5, 0.6) is 0 Å². The third kappa shape index (κ3) is 2.94. The van der Waals surface area contributed by atoms with Gasteiger partial charge in [0.2, 0.25) is 0 Å². The molecular weight excluding hydrogens is 326 g/mol. The summed E-state index contributed by atoms with van der Waals surface area (Å²) < 4.78 is 5.89. The lowest BCUT2D eigenvalue weighted by molar-refractivity contribution is -0.146. The molecule has 0 unspecified atom stereocenters. The highest BCUT2D eigenvalue weighted by Gasteiger charge is 2.55. The van der Waals surface area contributed by atoms with Gasteiger partial charge in [0.15, 0.2) is 0 Å². The lowest BCUT2D eigenvalue weighted by atomic mass is 9.55. The molecule has 4 aliphatic rings. The fourth-order valence-electron chi connectivity index (χ4n) is 6.23. The van der Waals surface area contributed by atoms with E-state index in [0.29, 0.717) is 24.0 Å². The summed E-state index contributed by atoms with van der Waals surface area (Å²) in [4.78, 5) is 27.1. The fraction of sp³-hybridized carbons (Fsp3) is 0.818. The van der Waals surface area contributed by atoms with E-state index >= 15 is 0 Å². The third-order valence-corrected chi connectivity index (χ3v) is 7.93. The normalized spacial score (nSPS) is 46.7. The van der Waals surface area contributed by atoms with Gasteiger partial charge in [-0.3, -0.25) is 14.5 Å². The Morgan fingerprint density at radius 3 is 2.85 bits per heavy atom. The largest absolute Gasteiger partial charge is 0.462 e. The van der Waals surface area contributed by atoms with E-state index < -0.39 is 0 Å². The summed E-state index contributed by atoms with van der Waals surface area (Å²) in [6, 6.07) is 0.226. The van der Waals surface area contributed by atoms with Crippen LogP contribution in [0.15, 0.2) is 12.2 Å². The molecule has 26 heavy (non-hydrogen) atoms. The summed E-state index contributed by atoms with van der Waals surface area (Å²) >= 11 is 0. The van der Waals surface area contributed by atoms with Gasteiger partial charge < -0.3 is 4.74 Å². The molecule has 2 saturated carbocycles. The maximum Gasteiger partial charge on any atom is 0.310 e. The number of esters is 1. The zero-order chi connectivity index (χ0) is 18.6. The summed E-state index contributed by atoms with van der Waals surface area (Å²) in [5, 5.41) is 0. The predicted octanol–water partition coefficient (Wildman–Crippen LogP) is 3.60. The van der Waals surface area contributed by atoms with E-state index in [-0.39, 0.29) is 35.4 Å². The molecule has 0 aromatic rings. The molecule has 0 aromatic heterocycles. The molecule has 4 nitrogen and oxygen atoms in total. The second kappa shape index (κ2) is 6.47. The summed E-state index contributed by atoms with van der Waals surface area (Å²) in [5.74, 6) is 1.23. The molecule has 0 bridgehead atoms. The number of nitrogens with zero attached hydrogens (tertiary/aromatic N) is 1. The Bertz CT molecular complexity index is 629. The molecular formula is C22H33NO3. The number of carbonyl (C=O) groups is 2. The van der Waals surface area contributed by atoms with Crippen LogP contribution < -0.4 is 0 Å². The summed E-state index contributed by atoms with van der Waals surface area (Å²) in [5.41, 5.74) is 1.64. The topological polar surface area (TPSA) is 46.6 Å². The zero-order valence-electron chi connectivity index (χ0n) is 16.5. The first-order valence-electron chi connectivity index (χ1n) is 10.4. The van der Waals surface area contributed by atoms with Crippen molar-refractivity contribution >= 4 is 11.8 Å². The van der Waals surface area contributed by atoms with Crippen molar-refractivity contribution in [2.75, 3.05) is 13.1 Å². The van der Waals surface area contributed by atoms with Gasteiger partial charge in [0.25, 0.3) is 0 Å². The second-order valence-electron chi connectivity index (χ2n) is 9.78. The average Bonchev–Trinajstić information content (AvgIpc) is 2.85. The number of piperidine rings is 1. The van der Waals surface area contributed by atoms with Gasteiger partial charge in [0.1, 0.15) is 11.9 Å². The lowest BCUT2D eigenvalue weighted by Gasteiger charge is -2.50. The van der Waals surface area contributed by atoms with Crippen molar-refractivity contribution in [2.45, 2.75) is 71.4 Å². The van der Waals surface area contributed by atoms with Crippen molar-refractivity contribution in [3.8, 4) is 0 Å². The first kappa shape index (κ1) is 18.2. The maximum atomic E-state index is 12.7. The summed E-state index contributed by atoms with van der Waals surface area (Å²) in [6.45, 7) is 12.4. The van der Waals surface area contributed by atoms with Gasteiger partial charge in [-0.15, -0.1) is 0 Å². The van der Waals surface area contributed by atoms with Crippen molar-refractivity contribution in [1.29, 1.82) is 0 Å². The van der Waals surface area contributed by atoms with Gasteiger partial charge in [-0.2, -0.15) is 0 Å². The Hall–Kier alpha value is -1.16. The van der Waals surface area contributed by atoms with Crippen molar-refractivity contribution < 1.29 is 14.3 Å². The smallest absolute Gasteiger partial charge is 0.310 e. The number of hydrogen-bond acceptors (Lipinski definition) is 4. The molecule has 2 aliphatic carbocycles. The molecule has 144 valence electrons. The monoisotopic (exact) mass is 359 g/mol. The van der Waals surface area contributed by atoms with Crippen LogP contribution in [-0.2, 0) is 14.3 Å². The van der Waals surface area contributed by atoms with E-state index in [9.17, 15) is 9.59 Å². The van der Waals surface area contributed by atoms with Gasteiger partial charge >= 0.3 is 5.97 Å². The van der Waals surface area contributed by atoms with Crippen LogP contribution in [0.4, 0.5) is 0 Å². The van der Waals surface area contributed by atoms with Crippen LogP contribution in [0, 0.1) is 29.1 Å². The van der Waals surface area contributed by atoms with Gasteiger partial charge in [0, 0.05) is 37.4 Å². The van der Waals surface area contributed by atoms with E-state index in [1.165, 1.54) is 18.4 Å². The SMILES string of the molecule is C=C1CCC[C@]2(C)C[C@H]3OC(=O)[C@H](CN4C[C@@H](C)C(=O)C[C@@H]4C)[C@H]3C[C@@H]12. The Morgan fingerprint density at radius 2 is 2.08 bits per heavy atom. The van der Waals surface area contributed by atoms with E-state index in [0.717, 1.165) is 32.4 Å². The summed E-state index contributed by atoms with van der Waals surface area (Å²) in [6.07, 6.45) is 6.32. The number of ketones is 1. The predicted molar refractivity (Wildman–Crippen MR) is 101 cm³/mol. The molecule has 0 spiro atoms. The molecule has 0 amide bonds. The molecule has 2 saturated heterocycles. The number of carbonyl (C=O) groups excluding carboxylic acids is 2. The number of likely N-dealkylation sites (tertiary alicyclic amines) is 1. The minimum Gasteiger partial charge on any atom is -0.462 e. The number of fused-ring (bicyclic) bond motifs is 2. The second-order valence-corrected chi connectivity index (χ2v) is 9.78. The zero-order valence-corrected chi connectivity index (χ0v) is 16.5. The van der Waals surface area contributed by atoms with Crippen LogP contribution in [0.25, 0.3) is 0 Å². The highest BCUT2D eigenvalue weighted by molar-refractivity contribution is 5.82. The third-order valence-electron chi connectivity index (χ3n) is 7.93. The molecule has 4 heteroatoms. The molecule has 2 aliphatic heterocycles. The molecule has 0 radical (unpaired) electrons. The van der Waals surface area contributed by atoms with Crippen LogP contribution in [0.1, 0.15) is 59.3 Å². The van der Waals surface area contributed by atoms with E-state index in [2.05, 4.69) is 25.3 Å². The van der Waals surface area contributed by atoms with E-state index in [1.807, 2.05) is 6.92 Å². The lowest BCUT2D eigenvalue weighted by Crippen LogP contribution is -2.50. The minimum atomic E-state index is -0.0397. The van der Waals surface area contributed by atoms with Crippen LogP contribution >= 0.6 is 0 Å². The van der Waals surface area contributed by atoms with Gasteiger partial charge in [-0.25, -0.2) is 0 Å². The number of rotatable bonds is 2. The van der Waals surface area contributed by atoms with Crippen molar-refractivity contribution in [2.24, 2.45) is 29.1 Å². The average molecular weight is 360 g/mol. The molecule has 0 N–H and O–H groups in total. The standard InChI is InChI=1S/C22H33NO3/c1-13-6-5-7-22(4)10-20-16(9-18(13)22)17(21(25)26-20)12-23-11-14(2)19(24)8-15(23)3/h14-18,20H,1,5-12H2,2-4H3/t14-,15+,16-,17-,18+,20-,22-/m1/s1. The first-order valence-corrected chi connectivity index (χ1v) is 10.4. The number of Topliss-reactive ketones (excluding diaryl/α,β-unsaturated/α-hetero) is 1. The van der Waals surface area contributed by atoms with Gasteiger partial charge in [-0.05, 0) is 50.4 Å². The Morgan fingerprint density at radius 1 is 1.31 bits per heavy atom. The van der Waals surface area contributed by atoms with Crippen LogP contribution in [-0.4, -0.2) is 41.9 Å². The molecule has 4 rings (SSSR count). The minimum absolute atomic E-state index is 0.00962. The first-order chi connectivity index (χ1) is 12.3. The molecule has 2 heterocycles. The highest BCUT2D eigenvalue weighted by atomic mass is 16.6. The molecule has 4 fully saturated rings. The number of ether oxygens (including phenoxy) is 1. The number of hydrogen-bond donors (Lipinski definition) is 0.